The number of aliphatic hydroxyl groups excluding tert-OH is 1. The number of hydrogen-bond donors (Lipinski definition) is 2. The van der Waals surface area contributed by atoms with Crippen molar-refractivity contribution in [2.45, 2.75) is 58.3 Å². The zero-order valence-electron chi connectivity index (χ0n) is 9.26. The van der Waals surface area contributed by atoms with Gasteiger partial charge in [-0.2, -0.15) is 12.6 Å². The Balaban J connectivity index is 0. The van der Waals surface area contributed by atoms with E-state index in [-0.39, 0.29) is 0 Å². The standard InChI is InChI=1S/C10H22S.CH4O/c1-2-3-4-5-6-7-8-9-10-11;1-2/h11H,2-10H2,1H3;2H,1H3. The highest BCUT2D eigenvalue weighted by atomic mass is 32.1. The molecule has 1 nitrogen and oxygen atoms in total. The highest BCUT2D eigenvalue weighted by Crippen LogP contribution is 2.08. The van der Waals surface area contributed by atoms with Gasteiger partial charge in [-0.15, -0.1) is 0 Å². The molecule has 0 heterocycles. The maximum absolute atomic E-state index is 7.00. The van der Waals surface area contributed by atoms with Crippen LogP contribution in [0.15, 0.2) is 0 Å². The molecule has 0 amide bonds. The van der Waals surface area contributed by atoms with E-state index in [1.807, 2.05) is 0 Å². The van der Waals surface area contributed by atoms with Crippen molar-refractivity contribution in [2.75, 3.05) is 12.9 Å². The summed E-state index contributed by atoms with van der Waals surface area (Å²) in [5, 5.41) is 7.00. The molecular weight excluding hydrogens is 180 g/mol. The van der Waals surface area contributed by atoms with Gasteiger partial charge in [0.15, 0.2) is 0 Å². The van der Waals surface area contributed by atoms with Gasteiger partial charge in [0.05, 0.1) is 0 Å². The van der Waals surface area contributed by atoms with Crippen molar-refractivity contribution in [3.05, 3.63) is 0 Å². The van der Waals surface area contributed by atoms with Gasteiger partial charge in [-0.3, -0.25) is 0 Å². The third-order valence-electron chi connectivity index (χ3n) is 2.01. The molecule has 0 aromatic carbocycles. The van der Waals surface area contributed by atoms with E-state index < -0.39 is 0 Å². The zero-order valence-corrected chi connectivity index (χ0v) is 10.2. The Kier molecular flexibility index (Phi) is 22.0. The van der Waals surface area contributed by atoms with Crippen LogP contribution in [0.25, 0.3) is 0 Å². The van der Waals surface area contributed by atoms with Crippen LogP contribution in [0.2, 0.25) is 0 Å². The normalized spacial score (nSPS) is 9.23. The third-order valence-corrected chi connectivity index (χ3v) is 2.33. The number of hydrogen-bond acceptors (Lipinski definition) is 2. The lowest BCUT2D eigenvalue weighted by Crippen LogP contribution is -1.80. The van der Waals surface area contributed by atoms with Gasteiger partial charge in [-0.25, -0.2) is 0 Å². The van der Waals surface area contributed by atoms with Crippen LogP contribution < -0.4 is 0 Å². The molecule has 0 aliphatic rings. The predicted octanol–water partition coefficient (Wildman–Crippen LogP) is 3.67. The Morgan fingerprint density at radius 1 is 0.769 bits per heavy atom. The lowest BCUT2D eigenvalue weighted by molar-refractivity contribution is 0.399. The molecular formula is C11H26OS. The molecule has 2 heteroatoms. The average Bonchev–Trinajstić information content (AvgIpc) is 2.20. The fraction of sp³-hybridized carbons (Fsp3) is 1.00. The van der Waals surface area contributed by atoms with E-state index in [0.29, 0.717) is 0 Å². The molecule has 0 radical (unpaired) electrons. The summed E-state index contributed by atoms with van der Waals surface area (Å²) >= 11 is 4.18. The molecule has 0 aliphatic heterocycles. The average molecular weight is 206 g/mol. The molecule has 13 heavy (non-hydrogen) atoms. The molecule has 0 aromatic rings. The molecule has 0 spiro atoms. The fourth-order valence-corrected chi connectivity index (χ4v) is 1.47. The van der Waals surface area contributed by atoms with Crippen LogP contribution in [0, 0.1) is 0 Å². The van der Waals surface area contributed by atoms with Crippen LogP contribution >= 0.6 is 12.6 Å². The number of rotatable bonds is 8. The topological polar surface area (TPSA) is 20.2 Å². The molecule has 1 N–H and O–H groups in total. The lowest BCUT2D eigenvalue weighted by Gasteiger charge is -1.98. The number of thiol groups is 1. The molecule has 0 aromatic heterocycles. The van der Waals surface area contributed by atoms with Crippen LogP contribution in [0.5, 0.6) is 0 Å². The smallest absolute Gasteiger partial charge is 0.0319 e. The van der Waals surface area contributed by atoms with Crippen molar-refractivity contribution in [3.63, 3.8) is 0 Å². The van der Waals surface area contributed by atoms with Gasteiger partial charge in [0.2, 0.25) is 0 Å². The molecule has 0 aliphatic carbocycles. The predicted molar refractivity (Wildman–Crippen MR) is 64.6 cm³/mol. The van der Waals surface area contributed by atoms with Crippen LogP contribution in [0.3, 0.4) is 0 Å². The largest absolute Gasteiger partial charge is 0.400 e. The quantitative estimate of drug-likeness (QED) is 0.459. The first kappa shape index (κ1) is 15.8. The van der Waals surface area contributed by atoms with Crippen LogP contribution in [0.4, 0.5) is 0 Å². The van der Waals surface area contributed by atoms with E-state index in [2.05, 4.69) is 19.6 Å². The van der Waals surface area contributed by atoms with Gasteiger partial charge in [-0.05, 0) is 12.2 Å². The van der Waals surface area contributed by atoms with E-state index in [1.54, 1.807) is 0 Å². The molecule has 0 fully saturated rings. The minimum Gasteiger partial charge on any atom is -0.400 e. The Labute approximate surface area is 89.3 Å². The SMILES string of the molecule is CCCCCCCCCCS.CO. The molecule has 82 valence electrons. The summed E-state index contributed by atoms with van der Waals surface area (Å²) in [5.41, 5.74) is 0. The second-order valence-corrected chi connectivity index (χ2v) is 3.65. The van der Waals surface area contributed by atoms with E-state index in [1.165, 1.54) is 51.4 Å². The molecule has 0 atom stereocenters. The van der Waals surface area contributed by atoms with Crippen molar-refractivity contribution in [1.82, 2.24) is 0 Å². The third kappa shape index (κ3) is 18.9. The van der Waals surface area contributed by atoms with E-state index in [0.717, 1.165) is 12.9 Å². The minimum absolute atomic E-state index is 1.00. The second kappa shape index (κ2) is 18.2. The molecule has 0 saturated carbocycles. The van der Waals surface area contributed by atoms with Gasteiger partial charge < -0.3 is 5.11 Å². The van der Waals surface area contributed by atoms with E-state index in [4.69, 9.17) is 5.11 Å². The number of aliphatic hydroxyl groups is 1. The Morgan fingerprint density at radius 2 is 1.15 bits per heavy atom. The van der Waals surface area contributed by atoms with Crippen molar-refractivity contribution in [2.24, 2.45) is 0 Å². The molecule has 0 rings (SSSR count). The first-order valence-corrected chi connectivity index (χ1v) is 6.10. The minimum atomic E-state index is 1.00. The van der Waals surface area contributed by atoms with Crippen LogP contribution in [-0.4, -0.2) is 18.0 Å². The van der Waals surface area contributed by atoms with Gasteiger partial charge in [0.1, 0.15) is 0 Å². The van der Waals surface area contributed by atoms with Gasteiger partial charge in [-0.1, -0.05) is 51.9 Å². The summed E-state index contributed by atoms with van der Waals surface area (Å²) < 4.78 is 0. The first-order chi connectivity index (χ1) is 6.41. The summed E-state index contributed by atoms with van der Waals surface area (Å²) in [6.45, 7) is 2.26. The monoisotopic (exact) mass is 206 g/mol. The molecule has 0 saturated heterocycles. The lowest BCUT2D eigenvalue weighted by atomic mass is 10.1. The molecule has 0 bridgehead atoms. The summed E-state index contributed by atoms with van der Waals surface area (Å²) in [6.07, 6.45) is 11.2. The van der Waals surface area contributed by atoms with E-state index in [9.17, 15) is 0 Å². The van der Waals surface area contributed by atoms with Crippen molar-refractivity contribution in [3.8, 4) is 0 Å². The summed E-state index contributed by atoms with van der Waals surface area (Å²) in [6, 6.07) is 0. The maximum Gasteiger partial charge on any atom is 0.0319 e. The molecule has 0 unspecified atom stereocenters. The van der Waals surface area contributed by atoms with Gasteiger partial charge >= 0.3 is 0 Å². The zero-order chi connectivity index (χ0) is 10.4. The van der Waals surface area contributed by atoms with Crippen molar-refractivity contribution >= 4 is 12.6 Å². The summed E-state index contributed by atoms with van der Waals surface area (Å²) in [4.78, 5) is 0. The maximum atomic E-state index is 7.00. The highest BCUT2D eigenvalue weighted by molar-refractivity contribution is 7.80. The van der Waals surface area contributed by atoms with Crippen molar-refractivity contribution < 1.29 is 5.11 Å². The fourth-order valence-electron chi connectivity index (χ4n) is 1.25. The summed E-state index contributed by atoms with van der Waals surface area (Å²) in [5.74, 6) is 1.06. The van der Waals surface area contributed by atoms with Crippen molar-refractivity contribution in [1.29, 1.82) is 0 Å². The Hall–Kier alpha value is 0.310. The van der Waals surface area contributed by atoms with Gasteiger partial charge in [0, 0.05) is 7.11 Å². The Bertz CT molecular complexity index is 59.1. The van der Waals surface area contributed by atoms with Crippen LogP contribution in [0.1, 0.15) is 58.3 Å². The Morgan fingerprint density at radius 3 is 1.54 bits per heavy atom. The van der Waals surface area contributed by atoms with Crippen LogP contribution in [-0.2, 0) is 0 Å². The first-order valence-electron chi connectivity index (χ1n) is 5.47. The summed E-state index contributed by atoms with van der Waals surface area (Å²) in [7, 11) is 1.00. The van der Waals surface area contributed by atoms with E-state index >= 15 is 0 Å². The second-order valence-electron chi connectivity index (χ2n) is 3.20. The number of unbranched alkanes of at least 4 members (excludes halogenated alkanes) is 7. The highest BCUT2D eigenvalue weighted by Gasteiger charge is 1.89. The van der Waals surface area contributed by atoms with Gasteiger partial charge in [0.25, 0.3) is 0 Å².